The Balaban J connectivity index is 2.38. The zero-order valence-electron chi connectivity index (χ0n) is 11.8. The summed E-state index contributed by atoms with van der Waals surface area (Å²) in [4.78, 5) is 11.1. The van der Waals surface area contributed by atoms with Gasteiger partial charge in [0.15, 0.2) is 17.9 Å². The summed E-state index contributed by atoms with van der Waals surface area (Å²) < 4.78 is 24.1. The first-order valence-electron chi connectivity index (χ1n) is 6.37. The Morgan fingerprint density at radius 2 is 1.90 bits per heavy atom. The van der Waals surface area contributed by atoms with Crippen molar-refractivity contribution in [2.24, 2.45) is 0 Å². The molecule has 0 spiro atoms. The van der Waals surface area contributed by atoms with Crippen LogP contribution in [0.3, 0.4) is 0 Å². The molecule has 0 bridgehead atoms. The molecule has 0 N–H and O–H groups in total. The van der Waals surface area contributed by atoms with Gasteiger partial charge in [-0.3, -0.25) is 4.79 Å². The highest BCUT2D eigenvalue weighted by Crippen LogP contribution is 2.29. The van der Waals surface area contributed by atoms with Crippen LogP contribution in [0, 0.1) is 12.7 Å². The van der Waals surface area contributed by atoms with E-state index in [2.05, 4.69) is 0 Å². The predicted molar refractivity (Wildman–Crippen MR) is 78.7 cm³/mol. The fourth-order valence-electron chi connectivity index (χ4n) is 1.83. The molecule has 0 fully saturated rings. The van der Waals surface area contributed by atoms with Crippen molar-refractivity contribution in [3.05, 3.63) is 65.7 Å². The van der Waals surface area contributed by atoms with Crippen LogP contribution in [0.1, 0.15) is 11.1 Å². The van der Waals surface area contributed by atoms with Crippen LogP contribution in [0.2, 0.25) is 0 Å². The fraction of sp³-hybridized carbons (Fsp3) is 0.118. The summed E-state index contributed by atoms with van der Waals surface area (Å²) in [6, 6.07) is 11.4. The summed E-state index contributed by atoms with van der Waals surface area (Å²) in [6.07, 6.45) is 2.05. The van der Waals surface area contributed by atoms with Gasteiger partial charge < -0.3 is 9.47 Å². The van der Waals surface area contributed by atoms with E-state index >= 15 is 0 Å². The smallest absolute Gasteiger partial charge is 0.165 e. The van der Waals surface area contributed by atoms with Gasteiger partial charge in [0.1, 0.15) is 5.75 Å². The highest BCUT2D eigenvalue weighted by Gasteiger charge is 2.09. The quantitative estimate of drug-likeness (QED) is 0.471. The van der Waals surface area contributed by atoms with Gasteiger partial charge in [0, 0.05) is 0 Å². The first kappa shape index (κ1) is 14.8. The molecular formula is C17H15FO3. The van der Waals surface area contributed by atoms with Crippen LogP contribution >= 0.6 is 0 Å². The Hall–Kier alpha value is -2.62. The van der Waals surface area contributed by atoms with E-state index in [-0.39, 0.29) is 5.75 Å². The van der Waals surface area contributed by atoms with Crippen LogP contribution in [-0.4, -0.2) is 13.4 Å². The average molecular weight is 286 g/mol. The van der Waals surface area contributed by atoms with Gasteiger partial charge in [-0.2, -0.15) is 0 Å². The zero-order valence-corrected chi connectivity index (χ0v) is 11.8. The van der Waals surface area contributed by atoms with E-state index < -0.39 is 5.82 Å². The molecule has 0 aliphatic heterocycles. The molecule has 2 aromatic carbocycles. The number of rotatable bonds is 5. The third-order valence-electron chi connectivity index (χ3n) is 2.95. The Bertz CT molecular complexity index is 677. The van der Waals surface area contributed by atoms with Crippen molar-refractivity contribution in [1.82, 2.24) is 0 Å². The maximum atomic E-state index is 13.6. The lowest BCUT2D eigenvalue weighted by atomic mass is 10.1. The van der Waals surface area contributed by atoms with E-state index in [0.29, 0.717) is 23.2 Å². The van der Waals surface area contributed by atoms with Gasteiger partial charge in [0.2, 0.25) is 0 Å². The maximum absolute atomic E-state index is 13.6. The molecule has 0 saturated heterocycles. The molecule has 108 valence electrons. The van der Waals surface area contributed by atoms with E-state index in [1.165, 1.54) is 19.4 Å². The topological polar surface area (TPSA) is 35.5 Å². The van der Waals surface area contributed by atoms with Crippen molar-refractivity contribution < 1.29 is 18.7 Å². The molecule has 3 nitrogen and oxygen atoms in total. The Morgan fingerprint density at radius 1 is 1.14 bits per heavy atom. The molecule has 2 aromatic rings. The van der Waals surface area contributed by atoms with E-state index in [9.17, 15) is 9.18 Å². The van der Waals surface area contributed by atoms with Crippen LogP contribution in [0.5, 0.6) is 11.5 Å². The van der Waals surface area contributed by atoms with E-state index in [0.717, 1.165) is 5.56 Å². The molecule has 2 rings (SSSR count). The standard InChI is InChI=1S/C17H15FO3/c1-12-7-8-13(14(10-19)11-20-2)9-17(12)21-16-6-4-3-5-15(16)18/h3-11H,1-2H3/b14-11-. The third kappa shape index (κ3) is 3.48. The van der Waals surface area contributed by atoms with Gasteiger partial charge in [0.05, 0.1) is 18.9 Å². The monoisotopic (exact) mass is 286 g/mol. The number of para-hydroxylation sites is 1. The molecular weight excluding hydrogens is 271 g/mol. The Kier molecular flexibility index (Phi) is 4.72. The number of hydrogen-bond donors (Lipinski definition) is 0. The largest absolute Gasteiger partial charge is 0.504 e. The molecule has 0 aromatic heterocycles. The molecule has 0 atom stereocenters. The van der Waals surface area contributed by atoms with Crippen LogP contribution < -0.4 is 4.74 Å². The van der Waals surface area contributed by atoms with Crippen molar-refractivity contribution in [3.63, 3.8) is 0 Å². The summed E-state index contributed by atoms with van der Waals surface area (Å²) >= 11 is 0. The number of ether oxygens (including phenoxy) is 2. The van der Waals surface area contributed by atoms with Crippen LogP contribution in [-0.2, 0) is 9.53 Å². The van der Waals surface area contributed by atoms with Crippen LogP contribution in [0.25, 0.3) is 5.57 Å². The number of aldehydes is 1. The summed E-state index contributed by atoms with van der Waals surface area (Å²) in [5, 5.41) is 0. The number of hydrogen-bond acceptors (Lipinski definition) is 3. The molecule has 0 heterocycles. The van der Waals surface area contributed by atoms with Crippen molar-refractivity contribution in [2.45, 2.75) is 6.92 Å². The van der Waals surface area contributed by atoms with Gasteiger partial charge in [-0.05, 0) is 36.2 Å². The second kappa shape index (κ2) is 6.70. The molecule has 4 heteroatoms. The van der Waals surface area contributed by atoms with Crippen LogP contribution in [0.4, 0.5) is 4.39 Å². The Morgan fingerprint density at radius 3 is 2.57 bits per heavy atom. The first-order valence-corrected chi connectivity index (χ1v) is 6.37. The number of carbonyl (C=O) groups excluding carboxylic acids is 1. The summed E-state index contributed by atoms with van der Waals surface area (Å²) in [5.41, 5.74) is 1.87. The second-order valence-electron chi connectivity index (χ2n) is 4.44. The molecule has 0 unspecified atom stereocenters. The maximum Gasteiger partial charge on any atom is 0.165 e. The first-order chi connectivity index (χ1) is 10.2. The molecule has 0 aliphatic carbocycles. The molecule has 0 radical (unpaired) electrons. The number of allylic oxidation sites excluding steroid dienone is 1. The number of halogens is 1. The second-order valence-corrected chi connectivity index (χ2v) is 4.44. The molecule has 0 saturated carbocycles. The van der Waals surface area contributed by atoms with Crippen molar-refractivity contribution in [3.8, 4) is 11.5 Å². The van der Waals surface area contributed by atoms with Gasteiger partial charge in [-0.1, -0.05) is 24.3 Å². The lowest BCUT2D eigenvalue weighted by Gasteiger charge is -2.11. The minimum absolute atomic E-state index is 0.140. The van der Waals surface area contributed by atoms with Gasteiger partial charge in [-0.25, -0.2) is 4.39 Å². The normalized spacial score (nSPS) is 11.1. The van der Waals surface area contributed by atoms with Crippen molar-refractivity contribution >= 4 is 11.9 Å². The van der Waals surface area contributed by atoms with E-state index in [1.54, 1.807) is 36.4 Å². The van der Waals surface area contributed by atoms with E-state index in [4.69, 9.17) is 9.47 Å². The summed E-state index contributed by atoms with van der Waals surface area (Å²) in [7, 11) is 1.47. The lowest BCUT2D eigenvalue weighted by Crippen LogP contribution is -1.93. The summed E-state index contributed by atoms with van der Waals surface area (Å²) in [5.74, 6) is 0.188. The average Bonchev–Trinajstić information content (AvgIpc) is 2.49. The van der Waals surface area contributed by atoms with Crippen molar-refractivity contribution in [2.75, 3.05) is 7.11 Å². The zero-order chi connectivity index (χ0) is 15.2. The van der Waals surface area contributed by atoms with Gasteiger partial charge >= 0.3 is 0 Å². The highest BCUT2D eigenvalue weighted by molar-refractivity contribution is 6.06. The van der Waals surface area contributed by atoms with Crippen LogP contribution in [0.15, 0.2) is 48.7 Å². The number of carbonyl (C=O) groups is 1. The fourth-order valence-corrected chi connectivity index (χ4v) is 1.83. The number of aryl methyl sites for hydroxylation is 1. The molecule has 0 aliphatic rings. The minimum atomic E-state index is -0.439. The number of benzene rings is 2. The lowest BCUT2D eigenvalue weighted by molar-refractivity contribution is -0.103. The third-order valence-corrected chi connectivity index (χ3v) is 2.95. The predicted octanol–water partition coefficient (Wildman–Crippen LogP) is 4.11. The van der Waals surface area contributed by atoms with E-state index in [1.807, 2.05) is 6.92 Å². The minimum Gasteiger partial charge on any atom is -0.504 e. The van der Waals surface area contributed by atoms with Gasteiger partial charge in [-0.15, -0.1) is 0 Å². The van der Waals surface area contributed by atoms with Crippen molar-refractivity contribution in [1.29, 1.82) is 0 Å². The number of methoxy groups -OCH3 is 1. The van der Waals surface area contributed by atoms with Gasteiger partial charge in [0.25, 0.3) is 0 Å². The highest BCUT2D eigenvalue weighted by atomic mass is 19.1. The molecule has 21 heavy (non-hydrogen) atoms. The summed E-state index contributed by atoms with van der Waals surface area (Å²) in [6.45, 7) is 1.85. The Labute approximate surface area is 122 Å². The SMILES string of the molecule is CO/C=C(/C=O)c1ccc(C)c(Oc2ccccc2F)c1. The molecule has 0 amide bonds.